The number of hydrogen-bond donors (Lipinski definition) is 1. The van der Waals surface area contributed by atoms with Crippen LogP contribution < -0.4 is 5.32 Å². The fourth-order valence-corrected chi connectivity index (χ4v) is 5.05. The lowest BCUT2D eigenvalue weighted by Crippen LogP contribution is -2.26. The van der Waals surface area contributed by atoms with Crippen molar-refractivity contribution in [2.45, 2.75) is 51.1 Å². The van der Waals surface area contributed by atoms with Gasteiger partial charge in [-0.15, -0.1) is 0 Å². The number of para-hydroxylation sites is 1. The highest BCUT2D eigenvalue weighted by Gasteiger charge is 2.28. The van der Waals surface area contributed by atoms with Gasteiger partial charge in [0.1, 0.15) is 5.82 Å². The predicted octanol–water partition coefficient (Wildman–Crippen LogP) is 4.97. The minimum absolute atomic E-state index is 0.111. The van der Waals surface area contributed by atoms with E-state index in [0.717, 1.165) is 45.2 Å². The predicted molar refractivity (Wildman–Crippen MR) is 109 cm³/mol. The first-order valence-electron chi connectivity index (χ1n) is 10.4. The largest absolute Gasteiger partial charge is 0.341 e. The molecule has 3 aromatic rings. The van der Waals surface area contributed by atoms with Gasteiger partial charge in [0.2, 0.25) is 0 Å². The van der Waals surface area contributed by atoms with Gasteiger partial charge in [0, 0.05) is 48.6 Å². The Morgan fingerprint density at radius 2 is 2.00 bits per heavy atom. The molecule has 0 fully saturated rings. The highest BCUT2D eigenvalue weighted by atomic mass is 19.1. The second-order valence-corrected chi connectivity index (χ2v) is 8.05. The summed E-state index contributed by atoms with van der Waals surface area (Å²) in [7, 11) is 0. The molecule has 3 heterocycles. The first-order valence-corrected chi connectivity index (χ1v) is 10.4. The number of aryl methyl sites for hydroxylation is 1. The Morgan fingerprint density at radius 3 is 2.86 bits per heavy atom. The maximum absolute atomic E-state index is 13.1. The smallest absolute Gasteiger partial charge is 0.162 e. The van der Waals surface area contributed by atoms with Gasteiger partial charge in [-0.05, 0) is 61.1 Å². The molecule has 0 radical (unpaired) electrons. The van der Waals surface area contributed by atoms with Crippen molar-refractivity contribution in [2.75, 3.05) is 6.54 Å². The monoisotopic (exact) mass is 376 g/mol. The average Bonchev–Trinajstić information content (AvgIpc) is 3.07. The van der Waals surface area contributed by atoms with Crippen molar-refractivity contribution in [3.05, 3.63) is 70.7 Å². The Labute approximate surface area is 164 Å². The number of nitrogens with one attached hydrogen (secondary N) is 1. The molecule has 0 saturated carbocycles. The van der Waals surface area contributed by atoms with Gasteiger partial charge in [-0.25, -0.2) is 4.39 Å². The Balaban J connectivity index is 1.36. The van der Waals surface area contributed by atoms with E-state index in [2.05, 4.69) is 28.1 Å². The summed E-state index contributed by atoms with van der Waals surface area (Å²) >= 11 is 0. The van der Waals surface area contributed by atoms with Crippen molar-refractivity contribution in [3.8, 4) is 0 Å². The maximum atomic E-state index is 13.1. The molecule has 1 N–H and O–H groups in total. The van der Waals surface area contributed by atoms with E-state index in [9.17, 15) is 9.18 Å². The number of halogens is 1. The number of ketones is 1. The summed E-state index contributed by atoms with van der Waals surface area (Å²) in [5.74, 6) is -0.187. The second kappa shape index (κ2) is 7.17. The lowest BCUT2D eigenvalue weighted by atomic mass is 9.94. The number of benzene rings is 2. The molecular formula is C24H25FN2O. The van der Waals surface area contributed by atoms with Crippen LogP contribution in [-0.2, 0) is 19.4 Å². The van der Waals surface area contributed by atoms with Crippen molar-refractivity contribution in [3.63, 3.8) is 0 Å². The third-order valence-corrected chi connectivity index (χ3v) is 6.38. The minimum atomic E-state index is -0.298. The molecule has 2 aromatic carbocycles. The van der Waals surface area contributed by atoms with E-state index in [0.29, 0.717) is 18.0 Å². The summed E-state index contributed by atoms with van der Waals surface area (Å²) in [4.78, 5) is 12.4. The van der Waals surface area contributed by atoms with Crippen LogP contribution in [0.25, 0.3) is 10.9 Å². The summed E-state index contributed by atoms with van der Waals surface area (Å²) in [6.07, 6.45) is 5.75. The quantitative estimate of drug-likeness (QED) is 0.638. The van der Waals surface area contributed by atoms with E-state index in [-0.39, 0.29) is 11.6 Å². The summed E-state index contributed by atoms with van der Waals surface area (Å²) < 4.78 is 15.7. The molecule has 1 unspecified atom stereocenters. The summed E-state index contributed by atoms with van der Waals surface area (Å²) in [5.41, 5.74) is 6.47. The van der Waals surface area contributed by atoms with Crippen molar-refractivity contribution >= 4 is 16.7 Å². The lowest BCUT2D eigenvalue weighted by molar-refractivity contribution is 0.0977. The van der Waals surface area contributed by atoms with Crippen molar-refractivity contribution in [1.82, 2.24) is 9.88 Å². The van der Waals surface area contributed by atoms with Gasteiger partial charge in [-0.1, -0.05) is 18.2 Å². The van der Waals surface area contributed by atoms with Crippen LogP contribution in [0.5, 0.6) is 0 Å². The van der Waals surface area contributed by atoms with Crippen LogP contribution in [-0.4, -0.2) is 16.9 Å². The van der Waals surface area contributed by atoms with Crippen LogP contribution >= 0.6 is 0 Å². The number of rotatable bonds is 5. The van der Waals surface area contributed by atoms with Gasteiger partial charge >= 0.3 is 0 Å². The molecule has 0 saturated heterocycles. The standard InChI is InChI=1S/C24H25FN2O/c25-18-10-7-16(8-11-18)23(28)6-2-4-19-12-9-17-3-1-5-20-21-15-26-14-13-22(21)27(19)24(17)20/h1,3,5,7-8,10-11,19,26H,2,4,6,9,12-15H2. The highest BCUT2D eigenvalue weighted by Crippen LogP contribution is 2.40. The number of carbonyl (C=O) groups is 1. The topological polar surface area (TPSA) is 34.0 Å². The molecule has 2 aliphatic heterocycles. The van der Waals surface area contributed by atoms with Crippen LogP contribution in [0.15, 0.2) is 42.5 Å². The Morgan fingerprint density at radius 1 is 1.14 bits per heavy atom. The Bertz CT molecular complexity index is 1030. The molecule has 2 aliphatic rings. The first kappa shape index (κ1) is 17.6. The van der Waals surface area contributed by atoms with Crippen LogP contribution in [0.4, 0.5) is 4.39 Å². The number of aromatic nitrogens is 1. The van der Waals surface area contributed by atoms with Crippen LogP contribution in [0.1, 0.15) is 58.9 Å². The summed E-state index contributed by atoms with van der Waals surface area (Å²) in [6.45, 7) is 1.99. The minimum Gasteiger partial charge on any atom is -0.341 e. The van der Waals surface area contributed by atoms with E-state index in [1.165, 1.54) is 39.9 Å². The molecule has 144 valence electrons. The Kier molecular flexibility index (Phi) is 4.52. The molecule has 0 spiro atoms. The zero-order chi connectivity index (χ0) is 19.1. The third-order valence-electron chi connectivity index (χ3n) is 6.38. The van der Waals surface area contributed by atoms with E-state index in [1.807, 2.05) is 0 Å². The SMILES string of the molecule is O=C(CCCC1CCc2cccc3c4c(n1c23)CCNC4)c1ccc(F)cc1. The van der Waals surface area contributed by atoms with Gasteiger partial charge in [-0.2, -0.15) is 0 Å². The van der Waals surface area contributed by atoms with E-state index in [1.54, 1.807) is 12.1 Å². The second-order valence-electron chi connectivity index (χ2n) is 8.05. The van der Waals surface area contributed by atoms with Crippen molar-refractivity contribution in [1.29, 1.82) is 0 Å². The first-order chi connectivity index (χ1) is 13.7. The lowest BCUT2D eigenvalue weighted by Gasteiger charge is -2.29. The zero-order valence-electron chi connectivity index (χ0n) is 16.0. The molecule has 5 rings (SSSR count). The molecule has 4 heteroatoms. The van der Waals surface area contributed by atoms with Gasteiger partial charge in [0.05, 0.1) is 5.52 Å². The molecule has 0 bridgehead atoms. The molecule has 1 atom stereocenters. The van der Waals surface area contributed by atoms with E-state index in [4.69, 9.17) is 0 Å². The van der Waals surface area contributed by atoms with Crippen molar-refractivity contribution < 1.29 is 9.18 Å². The zero-order valence-corrected chi connectivity index (χ0v) is 16.0. The summed E-state index contributed by atoms with van der Waals surface area (Å²) in [5, 5.41) is 4.93. The third kappa shape index (κ3) is 2.96. The fraction of sp³-hybridized carbons (Fsp3) is 0.375. The van der Waals surface area contributed by atoms with Gasteiger partial charge < -0.3 is 9.88 Å². The molecular weight excluding hydrogens is 351 g/mol. The number of Topliss-reactive ketones (excluding diaryl/α,β-unsaturated/α-hetero) is 1. The van der Waals surface area contributed by atoms with Gasteiger partial charge in [-0.3, -0.25) is 4.79 Å². The maximum Gasteiger partial charge on any atom is 0.162 e. The van der Waals surface area contributed by atoms with Gasteiger partial charge in [0.15, 0.2) is 5.78 Å². The van der Waals surface area contributed by atoms with Gasteiger partial charge in [0.25, 0.3) is 0 Å². The number of carbonyl (C=O) groups excluding carboxylic acids is 1. The molecule has 28 heavy (non-hydrogen) atoms. The van der Waals surface area contributed by atoms with E-state index < -0.39 is 0 Å². The normalized spacial score (nSPS) is 18.2. The van der Waals surface area contributed by atoms with Crippen LogP contribution in [0.2, 0.25) is 0 Å². The highest BCUT2D eigenvalue weighted by molar-refractivity contribution is 5.96. The van der Waals surface area contributed by atoms with Crippen molar-refractivity contribution in [2.24, 2.45) is 0 Å². The van der Waals surface area contributed by atoms with Crippen LogP contribution in [0.3, 0.4) is 0 Å². The summed E-state index contributed by atoms with van der Waals surface area (Å²) in [6, 6.07) is 13.1. The fourth-order valence-electron chi connectivity index (χ4n) is 5.05. The number of hydrogen-bond acceptors (Lipinski definition) is 2. The molecule has 3 nitrogen and oxygen atoms in total. The average molecular weight is 376 g/mol. The van der Waals surface area contributed by atoms with Crippen LogP contribution in [0, 0.1) is 5.82 Å². The van der Waals surface area contributed by atoms with E-state index >= 15 is 0 Å². The molecule has 0 amide bonds. The molecule has 1 aromatic heterocycles. The molecule has 0 aliphatic carbocycles. The number of nitrogens with zero attached hydrogens (tertiary/aromatic N) is 1. The number of fused-ring (bicyclic) bond motifs is 3. The Hall–Kier alpha value is -2.46.